The summed E-state index contributed by atoms with van der Waals surface area (Å²) in [6.45, 7) is 1.01. The van der Waals surface area contributed by atoms with Gasteiger partial charge in [-0.25, -0.2) is 14.4 Å². The number of benzene rings is 1. The van der Waals surface area contributed by atoms with Gasteiger partial charge in [-0.3, -0.25) is 14.3 Å². The summed E-state index contributed by atoms with van der Waals surface area (Å²) in [6.07, 6.45) is 1.40. The van der Waals surface area contributed by atoms with Crippen LogP contribution in [0.1, 0.15) is 19.5 Å². The fourth-order valence-electron chi connectivity index (χ4n) is 4.34. The summed E-state index contributed by atoms with van der Waals surface area (Å²) in [5, 5.41) is 35.2. The maximum Gasteiger partial charge on any atom is 0.245 e. The SMILES string of the molecule is CC1(C(=O)NCCO)C(=O)Nc2nc(-c3cc(-c4ccon4)n(Cc4ccccc4F)n3)nc(NCCO)c21.[HH]. The third kappa shape index (κ3) is 4.70. The second kappa shape index (κ2) is 10.6. The molecule has 13 nitrogen and oxygen atoms in total. The largest absolute Gasteiger partial charge is 0.395 e. The van der Waals surface area contributed by atoms with E-state index in [1.807, 2.05) is 0 Å². The van der Waals surface area contributed by atoms with Gasteiger partial charge in [0, 0.05) is 26.1 Å². The molecule has 4 heterocycles. The average Bonchev–Trinajstić information content (AvgIpc) is 3.66. The van der Waals surface area contributed by atoms with Gasteiger partial charge >= 0.3 is 0 Å². The van der Waals surface area contributed by atoms with Crippen LogP contribution in [0.3, 0.4) is 0 Å². The predicted molar refractivity (Wildman–Crippen MR) is 138 cm³/mol. The van der Waals surface area contributed by atoms with Gasteiger partial charge in [-0.2, -0.15) is 5.10 Å². The van der Waals surface area contributed by atoms with Crippen molar-refractivity contribution in [3.8, 4) is 22.9 Å². The molecule has 1 atom stereocenters. The van der Waals surface area contributed by atoms with Gasteiger partial charge in [-0.1, -0.05) is 23.4 Å². The molecule has 14 heteroatoms. The van der Waals surface area contributed by atoms with E-state index >= 15 is 0 Å². The Morgan fingerprint density at radius 1 is 1.18 bits per heavy atom. The Balaban J connectivity index is 0.00000370. The first-order valence-electron chi connectivity index (χ1n) is 12.1. The highest BCUT2D eigenvalue weighted by molar-refractivity contribution is 6.21. The summed E-state index contributed by atoms with van der Waals surface area (Å²) in [5.74, 6) is -1.31. The minimum absolute atomic E-state index is 0. The average molecular weight is 539 g/mol. The van der Waals surface area contributed by atoms with Crippen LogP contribution in [0, 0.1) is 5.82 Å². The van der Waals surface area contributed by atoms with E-state index in [1.54, 1.807) is 30.3 Å². The highest BCUT2D eigenvalue weighted by Gasteiger charge is 2.52. The molecule has 1 aromatic carbocycles. The molecule has 1 aliphatic rings. The van der Waals surface area contributed by atoms with E-state index in [9.17, 15) is 19.1 Å². The molecule has 0 saturated carbocycles. The predicted octanol–water partition coefficient (Wildman–Crippen LogP) is 1.15. The van der Waals surface area contributed by atoms with Gasteiger partial charge in [0.05, 0.1) is 31.0 Å². The van der Waals surface area contributed by atoms with Crippen molar-refractivity contribution in [2.45, 2.75) is 18.9 Å². The third-order valence-electron chi connectivity index (χ3n) is 6.34. The number of fused-ring (bicyclic) bond motifs is 1. The summed E-state index contributed by atoms with van der Waals surface area (Å²) < 4.78 is 21.0. The molecule has 0 spiro atoms. The molecular weight excluding hydrogens is 511 g/mol. The van der Waals surface area contributed by atoms with Crippen LogP contribution in [0.15, 0.2) is 47.2 Å². The number of aliphatic hydroxyl groups is 2. The molecule has 3 aromatic heterocycles. The Hall–Kier alpha value is -4.69. The molecule has 5 rings (SSSR count). The van der Waals surface area contributed by atoms with Gasteiger partial charge in [0.1, 0.15) is 35.1 Å². The lowest BCUT2D eigenvalue weighted by atomic mass is 9.83. The number of amides is 2. The number of aromatic nitrogens is 5. The number of hydrogen-bond donors (Lipinski definition) is 5. The summed E-state index contributed by atoms with van der Waals surface area (Å²) in [4.78, 5) is 35.1. The van der Waals surface area contributed by atoms with Crippen LogP contribution in [-0.2, 0) is 21.5 Å². The van der Waals surface area contributed by atoms with E-state index in [1.165, 1.54) is 23.9 Å². The number of anilines is 2. The monoisotopic (exact) mass is 538 g/mol. The van der Waals surface area contributed by atoms with E-state index in [2.05, 4.69) is 36.2 Å². The smallest absolute Gasteiger partial charge is 0.245 e. The molecule has 0 saturated heterocycles. The van der Waals surface area contributed by atoms with Gasteiger partial charge in [-0.15, -0.1) is 0 Å². The summed E-state index contributed by atoms with van der Waals surface area (Å²) >= 11 is 0. The summed E-state index contributed by atoms with van der Waals surface area (Å²) in [7, 11) is 0. The number of aliphatic hydroxyl groups excluding tert-OH is 2. The van der Waals surface area contributed by atoms with Crippen molar-refractivity contribution < 1.29 is 30.1 Å². The van der Waals surface area contributed by atoms with Gasteiger partial charge in [0.25, 0.3) is 0 Å². The van der Waals surface area contributed by atoms with Crippen molar-refractivity contribution in [2.75, 3.05) is 36.9 Å². The van der Waals surface area contributed by atoms with Gasteiger partial charge in [0.15, 0.2) is 11.2 Å². The normalized spacial score (nSPS) is 16.2. The number of rotatable bonds is 10. The number of halogens is 1. The van der Waals surface area contributed by atoms with Crippen LogP contribution in [0.2, 0.25) is 0 Å². The Labute approximate surface area is 222 Å². The van der Waals surface area contributed by atoms with Crippen LogP contribution in [-0.4, -0.2) is 73.2 Å². The molecule has 0 fully saturated rings. The Bertz CT molecular complexity index is 1530. The Morgan fingerprint density at radius 2 is 1.97 bits per heavy atom. The zero-order chi connectivity index (χ0) is 27.6. The zero-order valence-electron chi connectivity index (χ0n) is 20.8. The first-order valence-corrected chi connectivity index (χ1v) is 12.1. The van der Waals surface area contributed by atoms with Crippen LogP contribution in [0.4, 0.5) is 16.0 Å². The second-order valence-electron chi connectivity index (χ2n) is 8.88. The topological polar surface area (TPSA) is 180 Å². The molecule has 39 heavy (non-hydrogen) atoms. The van der Waals surface area contributed by atoms with Crippen molar-refractivity contribution in [1.29, 1.82) is 0 Å². The number of carbonyl (C=O) groups excluding carboxylic acids is 2. The maximum atomic E-state index is 14.4. The van der Waals surface area contributed by atoms with E-state index in [4.69, 9.17) is 9.63 Å². The Morgan fingerprint density at radius 3 is 2.69 bits per heavy atom. The third-order valence-corrected chi connectivity index (χ3v) is 6.34. The Kier molecular flexibility index (Phi) is 7.04. The molecule has 0 bridgehead atoms. The zero-order valence-corrected chi connectivity index (χ0v) is 20.8. The van der Waals surface area contributed by atoms with Crippen molar-refractivity contribution in [2.24, 2.45) is 0 Å². The number of hydrogen-bond acceptors (Lipinski definition) is 10. The molecule has 2 amide bonds. The number of nitrogens with zero attached hydrogens (tertiary/aromatic N) is 5. The molecule has 0 radical (unpaired) electrons. The minimum Gasteiger partial charge on any atom is -0.395 e. The van der Waals surface area contributed by atoms with E-state index < -0.39 is 23.0 Å². The summed E-state index contributed by atoms with van der Waals surface area (Å²) in [6, 6.07) is 9.60. The molecule has 0 aliphatic carbocycles. The highest BCUT2D eigenvalue weighted by atomic mass is 19.1. The van der Waals surface area contributed by atoms with E-state index in [0.717, 1.165) is 0 Å². The fraction of sp³-hybridized carbons (Fsp3) is 0.280. The second-order valence-corrected chi connectivity index (χ2v) is 8.88. The van der Waals surface area contributed by atoms with Crippen LogP contribution >= 0.6 is 0 Å². The standard InChI is InChI=1S/C25H25FN8O5.H2/c1-25(23(37)28-8-10-36)19-21(27-7-9-35)29-20(30-22(19)31-24(25)38)17-12-18(16-6-11-39-33-16)34(32-17)13-14-4-2-3-5-15(14)26;/h2-6,11-12,35-36H,7-10,13H2,1H3,(H,28,37)(H2,27,29,30,31,38);1H. The van der Waals surface area contributed by atoms with Crippen LogP contribution < -0.4 is 16.0 Å². The van der Waals surface area contributed by atoms with Crippen LogP contribution in [0.5, 0.6) is 0 Å². The molecule has 1 aliphatic heterocycles. The molecule has 4 aromatic rings. The quantitative estimate of drug-likeness (QED) is 0.184. The van der Waals surface area contributed by atoms with Crippen molar-refractivity contribution in [1.82, 2.24) is 30.2 Å². The van der Waals surface area contributed by atoms with Crippen molar-refractivity contribution in [3.05, 3.63) is 59.6 Å². The fourth-order valence-corrected chi connectivity index (χ4v) is 4.34. The van der Waals surface area contributed by atoms with E-state index in [-0.39, 0.29) is 63.0 Å². The van der Waals surface area contributed by atoms with Crippen LogP contribution in [0.25, 0.3) is 22.9 Å². The van der Waals surface area contributed by atoms with Gasteiger partial charge in [-0.05, 0) is 19.1 Å². The lowest BCUT2D eigenvalue weighted by Crippen LogP contribution is -2.48. The first kappa shape index (κ1) is 25.9. The summed E-state index contributed by atoms with van der Waals surface area (Å²) in [5.41, 5.74) is 0.139. The van der Waals surface area contributed by atoms with E-state index in [0.29, 0.717) is 17.0 Å². The maximum absolute atomic E-state index is 14.4. The van der Waals surface area contributed by atoms with Crippen molar-refractivity contribution in [3.63, 3.8) is 0 Å². The van der Waals surface area contributed by atoms with Crippen molar-refractivity contribution >= 4 is 23.5 Å². The lowest BCUT2D eigenvalue weighted by molar-refractivity contribution is -0.133. The number of carbonyl (C=O) groups is 2. The van der Waals surface area contributed by atoms with Gasteiger partial charge < -0.3 is 30.7 Å². The molecule has 5 N–H and O–H groups in total. The first-order chi connectivity index (χ1) is 18.9. The molecule has 1 unspecified atom stereocenters. The highest BCUT2D eigenvalue weighted by Crippen LogP contribution is 2.42. The minimum atomic E-state index is -1.70. The molecular formula is C25H27FN8O5. The van der Waals surface area contributed by atoms with Gasteiger partial charge in [0.2, 0.25) is 11.8 Å². The number of nitrogens with one attached hydrogen (secondary N) is 3. The molecule has 204 valence electrons. The lowest BCUT2D eigenvalue weighted by Gasteiger charge is -2.23.